The molecular formula is C16H22N2O4Si2. The van der Waals surface area contributed by atoms with Crippen LogP contribution < -0.4 is 10.4 Å². The van der Waals surface area contributed by atoms with Crippen molar-refractivity contribution >= 4 is 48.7 Å². The minimum Gasteiger partial charge on any atom is -0.258 e. The van der Waals surface area contributed by atoms with Crippen LogP contribution in [0.3, 0.4) is 0 Å². The first kappa shape index (κ1) is 18.3. The van der Waals surface area contributed by atoms with E-state index < -0.39 is 37.4 Å². The van der Waals surface area contributed by atoms with Crippen molar-refractivity contribution in [1.82, 2.24) is 0 Å². The molecule has 2 aromatic rings. The quantitative estimate of drug-likeness (QED) is 0.471. The Morgan fingerprint density at radius 3 is 1.17 bits per heavy atom. The van der Waals surface area contributed by atoms with Crippen LogP contribution in [-0.4, -0.2) is 26.0 Å². The maximum absolute atomic E-state index is 11.2. The molecule has 24 heavy (non-hydrogen) atoms. The van der Waals surface area contributed by atoms with E-state index in [1.807, 2.05) is 12.1 Å². The molecular weight excluding hydrogens is 340 g/mol. The van der Waals surface area contributed by atoms with Gasteiger partial charge in [-0.2, -0.15) is 0 Å². The molecule has 0 N–H and O–H groups in total. The van der Waals surface area contributed by atoms with Crippen LogP contribution in [0.4, 0.5) is 11.4 Å². The number of nitro groups is 2. The molecule has 0 atom stereocenters. The van der Waals surface area contributed by atoms with Crippen LogP contribution in [0.25, 0.3) is 10.8 Å². The van der Waals surface area contributed by atoms with Gasteiger partial charge >= 0.3 is 11.4 Å². The van der Waals surface area contributed by atoms with Gasteiger partial charge in [-0.25, -0.2) is 0 Å². The predicted octanol–water partition coefficient (Wildman–Crippen LogP) is 3.75. The normalized spacial score (nSPS) is 12.4. The van der Waals surface area contributed by atoms with Gasteiger partial charge < -0.3 is 0 Å². The predicted molar refractivity (Wildman–Crippen MR) is 103 cm³/mol. The average molecular weight is 363 g/mol. The van der Waals surface area contributed by atoms with Crippen LogP contribution >= 0.6 is 0 Å². The highest BCUT2D eigenvalue weighted by molar-refractivity contribution is 6.98. The Morgan fingerprint density at radius 1 is 0.667 bits per heavy atom. The first-order valence-electron chi connectivity index (χ1n) is 7.74. The summed E-state index contributed by atoms with van der Waals surface area (Å²) >= 11 is 0. The SMILES string of the molecule is C[Si](C)(C)c1cc2cc([N+](=O)[O-])c([N+](=O)[O-])cc2cc1[Si](C)(C)C. The highest BCUT2D eigenvalue weighted by Gasteiger charge is 2.30. The maximum atomic E-state index is 11.2. The molecule has 0 amide bonds. The first-order chi connectivity index (χ1) is 10.8. The van der Waals surface area contributed by atoms with E-state index in [4.69, 9.17) is 0 Å². The summed E-state index contributed by atoms with van der Waals surface area (Å²) in [5.74, 6) is 0. The van der Waals surface area contributed by atoms with E-state index in [0.29, 0.717) is 10.8 Å². The van der Waals surface area contributed by atoms with Crippen molar-refractivity contribution in [3.8, 4) is 0 Å². The molecule has 0 aliphatic carbocycles. The second-order valence-electron chi connectivity index (χ2n) is 8.10. The van der Waals surface area contributed by atoms with Crippen LogP contribution in [0.5, 0.6) is 0 Å². The lowest BCUT2D eigenvalue weighted by atomic mass is 10.1. The lowest BCUT2D eigenvalue weighted by Crippen LogP contribution is -2.56. The number of fused-ring (bicyclic) bond motifs is 1. The highest BCUT2D eigenvalue weighted by Crippen LogP contribution is 2.31. The number of hydrogen-bond donors (Lipinski definition) is 0. The Morgan fingerprint density at radius 2 is 0.958 bits per heavy atom. The average Bonchev–Trinajstić information content (AvgIpc) is 2.42. The Bertz CT molecular complexity index is 781. The van der Waals surface area contributed by atoms with Crippen molar-refractivity contribution in [2.45, 2.75) is 39.3 Å². The van der Waals surface area contributed by atoms with Gasteiger partial charge in [-0.15, -0.1) is 0 Å². The van der Waals surface area contributed by atoms with Crippen LogP contribution in [0, 0.1) is 20.2 Å². The van der Waals surface area contributed by atoms with E-state index in [1.165, 1.54) is 22.5 Å². The van der Waals surface area contributed by atoms with Gasteiger partial charge in [0.05, 0.1) is 26.0 Å². The molecule has 0 bridgehead atoms. The van der Waals surface area contributed by atoms with Crippen molar-refractivity contribution in [2.24, 2.45) is 0 Å². The largest absolute Gasteiger partial charge is 0.346 e. The van der Waals surface area contributed by atoms with E-state index in [1.54, 1.807) is 0 Å². The van der Waals surface area contributed by atoms with Gasteiger partial charge in [0.25, 0.3) is 0 Å². The molecule has 0 saturated carbocycles. The summed E-state index contributed by atoms with van der Waals surface area (Å²) in [6.07, 6.45) is 0. The van der Waals surface area contributed by atoms with Crippen molar-refractivity contribution < 1.29 is 9.85 Å². The second kappa shape index (κ2) is 5.78. The van der Waals surface area contributed by atoms with Gasteiger partial charge in [0.15, 0.2) is 0 Å². The Hall–Kier alpha value is -2.07. The van der Waals surface area contributed by atoms with Crippen LogP contribution in [0.2, 0.25) is 39.3 Å². The smallest absolute Gasteiger partial charge is 0.258 e. The van der Waals surface area contributed by atoms with Gasteiger partial charge in [0, 0.05) is 12.1 Å². The zero-order chi connectivity index (χ0) is 18.4. The standard InChI is InChI=1S/C16H22N2O4Si2/c1-23(2,3)15-9-11-7-13(17(19)20)14(18(21)22)8-12(11)10-16(15)24(4,5)6/h7-10H,1-6H3. The summed E-state index contributed by atoms with van der Waals surface area (Å²) in [7, 11) is -3.31. The first-order valence-corrected chi connectivity index (χ1v) is 14.7. The second-order valence-corrected chi connectivity index (χ2v) is 18.2. The maximum Gasteiger partial charge on any atom is 0.346 e. The van der Waals surface area contributed by atoms with Crippen molar-refractivity contribution in [2.75, 3.05) is 0 Å². The third-order valence-corrected chi connectivity index (χ3v) is 8.39. The molecule has 0 unspecified atom stereocenters. The molecule has 0 saturated heterocycles. The van der Waals surface area contributed by atoms with E-state index in [-0.39, 0.29) is 0 Å². The topological polar surface area (TPSA) is 86.3 Å². The Balaban J connectivity index is 2.93. The molecule has 2 aromatic carbocycles. The lowest BCUT2D eigenvalue weighted by Gasteiger charge is -2.28. The Labute approximate surface area is 142 Å². The minimum atomic E-state index is -1.65. The molecule has 0 spiro atoms. The van der Waals surface area contributed by atoms with Crippen LogP contribution in [0.15, 0.2) is 24.3 Å². The third kappa shape index (κ3) is 3.39. The van der Waals surface area contributed by atoms with E-state index in [9.17, 15) is 20.2 Å². The third-order valence-electron chi connectivity index (χ3n) is 4.08. The zero-order valence-corrected chi connectivity index (χ0v) is 16.8. The monoisotopic (exact) mass is 362 g/mol. The number of nitrogens with zero attached hydrogens (tertiary/aromatic N) is 2. The number of benzene rings is 2. The summed E-state index contributed by atoms with van der Waals surface area (Å²) in [5.41, 5.74) is -0.899. The van der Waals surface area contributed by atoms with E-state index in [0.717, 1.165) is 0 Å². The lowest BCUT2D eigenvalue weighted by molar-refractivity contribution is -0.422. The van der Waals surface area contributed by atoms with Gasteiger partial charge in [-0.1, -0.05) is 61.8 Å². The van der Waals surface area contributed by atoms with Crippen molar-refractivity contribution in [3.05, 3.63) is 44.5 Å². The van der Waals surface area contributed by atoms with E-state index >= 15 is 0 Å². The van der Waals surface area contributed by atoms with Gasteiger partial charge in [-0.05, 0) is 10.8 Å². The molecule has 0 aliphatic rings. The molecule has 0 aromatic heterocycles. The highest BCUT2D eigenvalue weighted by atomic mass is 28.3. The summed E-state index contributed by atoms with van der Waals surface area (Å²) in [5, 5.41) is 26.4. The summed E-state index contributed by atoms with van der Waals surface area (Å²) in [6, 6.07) is 6.72. The van der Waals surface area contributed by atoms with Crippen molar-refractivity contribution in [1.29, 1.82) is 0 Å². The molecule has 0 radical (unpaired) electrons. The van der Waals surface area contributed by atoms with Gasteiger partial charge in [0.1, 0.15) is 0 Å². The number of hydrogen-bond acceptors (Lipinski definition) is 4. The summed E-state index contributed by atoms with van der Waals surface area (Å²) in [6.45, 7) is 13.5. The summed E-state index contributed by atoms with van der Waals surface area (Å²) in [4.78, 5) is 21.0. The molecule has 8 heteroatoms. The number of rotatable bonds is 4. The van der Waals surface area contributed by atoms with Crippen molar-refractivity contribution in [3.63, 3.8) is 0 Å². The zero-order valence-electron chi connectivity index (χ0n) is 14.8. The molecule has 6 nitrogen and oxygen atoms in total. The van der Waals surface area contributed by atoms with Gasteiger partial charge in [0.2, 0.25) is 0 Å². The van der Waals surface area contributed by atoms with Crippen LogP contribution in [-0.2, 0) is 0 Å². The van der Waals surface area contributed by atoms with Crippen LogP contribution in [0.1, 0.15) is 0 Å². The molecule has 0 heterocycles. The fraction of sp³-hybridized carbons (Fsp3) is 0.375. The molecule has 128 valence electrons. The molecule has 2 rings (SSSR count). The Kier molecular flexibility index (Phi) is 4.40. The number of nitro benzene ring substituents is 2. The van der Waals surface area contributed by atoms with Gasteiger partial charge in [-0.3, -0.25) is 20.2 Å². The summed E-state index contributed by atoms with van der Waals surface area (Å²) < 4.78 is 0. The fourth-order valence-electron chi connectivity index (χ4n) is 2.86. The fourth-order valence-corrected chi connectivity index (χ4v) is 8.05. The van der Waals surface area contributed by atoms with E-state index in [2.05, 4.69) is 39.3 Å². The molecule has 0 aliphatic heterocycles. The minimum absolute atomic E-state index is 0.449. The molecule has 0 fully saturated rings.